The van der Waals surface area contributed by atoms with Crippen molar-refractivity contribution in [2.75, 3.05) is 0 Å². The summed E-state index contributed by atoms with van der Waals surface area (Å²) >= 11 is 14.2. The van der Waals surface area contributed by atoms with Crippen molar-refractivity contribution in [1.82, 2.24) is 0 Å². The van der Waals surface area contributed by atoms with Gasteiger partial charge in [0.2, 0.25) is 0 Å². The van der Waals surface area contributed by atoms with Crippen molar-refractivity contribution in [3.8, 4) is 0 Å². The molecule has 0 aromatic rings. The van der Waals surface area contributed by atoms with Gasteiger partial charge in [-0.25, -0.2) is 9.18 Å². The zero-order valence-corrected chi connectivity index (χ0v) is 17.1. The van der Waals surface area contributed by atoms with Crippen LogP contribution in [-0.2, 0) is 9.59 Å². The van der Waals surface area contributed by atoms with E-state index in [1.54, 1.807) is 6.08 Å². The van der Waals surface area contributed by atoms with Crippen LogP contribution in [0.1, 0.15) is 40.0 Å². The van der Waals surface area contributed by atoms with Crippen LogP contribution in [-0.4, -0.2) is 33.3 Å². The normalized spacial score (nSPS) is 48.7. The summed E-state index contributed by atoms with van der Waals surface area (Å²) in [5.74, 6) is -1.53. The maximum atomic E-state index is 15.3. The molecule has 4 aliphatic rings. The molecule has 3 nitrogen and oxygen atoms in total. The molecular formula is C21H23Cl2FO3. The molecule has 0 amide bonds. The van der Waals surface area contributed by atoms with Crippen LogP contribution in [0.4, 0.5) is 4.39 Å². The van der Waals surface area contributed by atoms with Crippen molar-refractivity contribution in [2.24, 2.45) is 22.7 Å². The fourth-order valence-corrected chi connectivity index (χ4v) is 7.70. The first-order valence-corrected chi connectivity index (χ1v) is 10.1. The molecular weight excluding hydrogens is 390 g/mol. The van der Waals surface area contributed by atoms with Crippen LogP contribution in [0.15, 0.2) is 34.9 Å². The number of carbonyl (C=O) groups is 2. The van der Waals surface area contributed by atoms with Crippen molar-refractivity contribution < 1.29 is 19.1 Å². The van der Waals surface area contributed by atoms with Crippen molar-refractivity contribution in [3.63, 3.8) is 0 Å². The second kappa shape index (κ2) is 5.70. The molecule has 0 aromatic carbocycles. The third-order valence-corrected chi connectivity index (χ3v) is 9.26. The van der Waals surface area contributed by atoms with Gasteiger partial charge in [0.1, 0.15) is 6.17 Å². The van der Waals surface area contributed by atoms with Gasteiger partial charge in [-0.3, -0.25) is 4.79 Å². The molecule has 0 aromatic heterocycles. The SMILES string of the molecule is CC1=C(C(=O)O)[C@@]2(C)C[C@H](Cl)[C@@]3(Cl)[C@@H](C[C@H](F)C4=CC(=O)C=C[C@@]43C)[C@@H]2C1. The number of ketones is 1. The summed E-state index contributed by atoms with van der Waals surface area (Å²) in [7, 11) is 0. The molecule has 0 unspecified atom stereocenters. The van der Waals surface area contributed by atoms with E-state index < -0.39 is 33.2 Å². The quantitative estimate of drug-likeness (QED) is 0.627. The molecule has 0 heterocycles. The fraction of sp³-hybridized carbons (Fsp3) is 0.619. The van der Waals surface area contributed by atoms with E-state index in [9.17, 15) is 14.7 Å². The average Bonchev–Trinajstić information content (AvgIpc) is 2.82. The summed E-state index contributed by atoms with van der Waals surface area (Å²) in [6.45, 7) is 5.64. The summed E-state index contributed by atoms with van der Waals surface area (Å²) in [6, 6.07) is 0. The Bertz CT molecular complexity index is 846. The average molecular weight is 413 g/mol. The first-order chi connectivity index (χ1) is 12.5. The van der Waals surface area contributed by atoms with E-state index in [-0.39, 0.29) is 24.0 Å². The van der Waals surface area contributed by atoms with Crippen LogP contribution in [0.5, 0.6) is 0 Å². The molecule has 0 spiro atoms. The van der Waals surface area contributed by atoms with Gasteiger partial charge < -0.3 is 5.11 Å². The van der Waals surface area contributed by atoms with Crippen molar-refractivity contribution in [1.29, 1.82) is 0 Å². The third-order valence-electron chi connectivity index (χ3n) is 7.71. The minimum absolute atomic E-state index is 0.0845. The van der Waals surface area contributed by atoms with E-state index in [1.807, 2.05) is 20.8 Å². The Kier molecular flexibility index (Phi) is 4.05. The highest BCUT2D eigenvalue weighted by molar-refractivity contribution is 6.34. The van der Waals surface area contributed by atoms with Crippen LogP contribution in [0.2, 0.25) is 0 Å². The zero-order chi connectivity index (χ0) is 19.9. The standard InChI is InChI=1S/C21H23Cl2FO3/c1-10-6-12-13-8-15(24)14-7-11(25)4-5-20(14,3)21(13,23)16(22)9-19(12,2)17(10)18(26)27/h4-5,7,12-13,15-16H,6,8-9H2,1-3H3,(H,26,27)/t12-,13-,15-,16-,19-,20-,21-/m0/s1. The van der Waals surface area contributed by atoms with Crippen molar-refractivity contribution in [2.45, 2.75) is 56.5 Å². The van der Waals surface area contributed by atoms with Crippen LogP contribution < -0.4 is 0 Å². The van der Waals surface area contributed by atoms with Gasteiger partial charge in [0.25, 0.3) is 0 Å². The summed E-state index contributed by atoms with van der Waals surface area (Å²) in [6.07, 6.45) is 4.40. The van der Waals surface area contributed by atoms with E-state index in [2.05, 4.69) is 0 Å². The number of carboxylic acid groups (broad SMARTS) is 1. The van der Waals surface area contributed by atoms with Crippen LogP contribution in [0, 0.1) is 22.7 Å². The fourth-order valence-electron chi connectivity index (χ4n) is 6.50. The Hall–Kier alpha value is -1.13. The highest BCUT2D eigenvalue weighted by Crippen LogP contribution is 2.70. The highest BCUT2D eigenvalue weighted by atomic mass is 35.5. The molecule has 0 saturated heterocycles. The van der Waals surface area contributed by atoms with Gasteiger partial charge in [0.05, 0.1) is 10.3 Å². The van der Waals surface area contributed by atoms with Gasteiger partial charge in [-0.15, -0.1) is 23.2 Å². The van der Waals surface area contributed by atoms with Gasteiger partial charge in [-0.2, -0.15) is 0 Å². The zero-order valence-electron chi connectivity index (χ0n) is 15.6. The number of aliphatic carboxylic acids is 1. The predicted octanol–water partition coefficient (Wildman–Crippen LogP) is 4.83. The molecule has 4 aliphatic carbocycles. The molecule has 2 fully saturated rings. The van der Waals surface area contributed by atoms with Crippen molar-refractivity contribution >= 4 is 35.0 Å². The molecule has 6 heteroatoms. The Morgan fingerprint density at radius 3 is 2.63 bits per heavy atom. The molecule has 0 bridgehead atoms. The van der Waals surface area contributed by atoms with Gasteiger partial charge in [-0.05, 0) is 55.7 Å². The van der Waals surface area contributed by atoms with E-state index in [4.69, 9.17) is 23.2 Å². The second-order valence-corrected chi connectivity index (χ2v) is 10.1. The first kappa shape index (κ1) is 19.2. The molecule has 27 heavy (non-hydrogen) atoms. The van der Waals surface area contributed by atoms with Crippen molar-refractivity contribution in [3.05, 3.63) is 34.9 Å². The number of halogens is 3. The van der Waals surface area contributed by atoms with E-state index in [0.717, 1.165) is 5.57 Å². The maximum absolute atomic E-state index is 15.3. The minimum atomic E-state index is -1.29. The number of hydrogen-bond acceptors (Lipinski definition) is 2. The predicted molar refractivity (Wildman–Crippen MR) is 103 cm³/mol. The van der Waals surface area contributed by atoms with E-state index in [0.29, 0.717) is 24.0 Å². The largest absolute Gasteiger partial charge is 0.478 e. The summed E-state index contributed by atoms with van der Waals surface area (Å²) < 4.78 is 15.3. The molecule has 1 N–H and O–H groups in total. The topological polar surface area (TPSA) is 54.4 Å². The number of rotatable bonds is 1. The lowest BCUT2D eigenvalue weighted by atomic mass is 9.46. The lowest BCUT2D eigenvalue weighted by Gasteiger charge is -2.63. The molecule has 4 rings (SSSR count). The number of alkyl halides is 3. The molecule has 7 atom stereocenters. The van der Waals surface area contributed by atoms with E-state index >= 15 is 4.39 Å². The van der Waals surface area contributed by atoms with Gasteiger partial charge in [0.15, 0.2) is 5.78 Å². The maximum Gasteiger partial charge on any atom is 0.332 e. The summed E-state index contributed by atoms with van der Waals surface area (Å²) in [5, 5.41) is 9.24. The van der Waals surface area contributed by atoms with Crippen LogP contribution in [0.3, 0.4) is 0 Å². The number of allylic oxidation sites excluding steroid dienone is 5. The molecule has 0 radical (unpaired) electrons. The molecule has 0 aliphatic heterocycles. The Morgan fingerprint density at radius 2 is 2.00 bits per heavy atom. The van der Waals surface area contributed by atoms with Gasteiger partial charge >= 0.3 is 5.97 Å². The smallest absolute Gasteiger partial charge is 0.332 e. The second-order valence-electron chi connectivity index (χ2n) is 8.98. The van der Waals surface area contributed by atoms with E-state index in [1.165, 1.54) is 12.2 Å². The summed E-state index contributed by atoms with van der Waals surface area (Å²) in [5.41, 5.74) is 0.135. The Balaban J connectivity index is 1.87. The molecule has 2 saturated carbocycles. The lowest BCUT2D eigenvalue weighted by Crippen LogP contribution is -2.66. The van der Waals surface area contributed by atoms with Crippen LogP contribution in [0.25, 0.3) is 0 Å². The number of hydrogen-bond donors (Lipinski definition) is 1. The number of fused-ring (bicyclic) bond motifs is 5. The number of carbonyl (C=O) groups excluding carboxylic acids is 1. The minimum Gasteiger partial charge on any atom is -0.478 e. The lowest BCUT2D eigenvalue weighted by molar-refractivity contribution is -0.135. The van der Waals surface area contributed by atoms with Gasteiger partial charge in [0, 0.05) is 16.4 Å². The van der Waals surface area contributed by atoms with Crippen LogP contribution >= 0.6 is 23.2 Å². The number of carboxylic acids is 1. The third kappa shape index (κ3) is 2.20. The highest BCUT2D eigenvalue weighted by Gasteiger charge is 2.70. The Morgan fingerprint density at radius 1 is 1.33 bits per heavy atom. The monoisotopic (exact) mass is 412 g/mol. The Labute approximate surface area is 168 Å². The molecule has 146 valence electrons. The first-order valence-electron chi connectivity index (χ1n) is 9.32. The van der Waals surface area contributed by atoms with Gasteiger partial charge in [-0.1, -0.05) is 25.5 Å². The summed E-state index contributed by atoms with van der Waals surface area (Å²) in [4.78, 5) is 22.8.